The molecule has 0 spiro atoms. The Kier molecular flexibility index (Phi) is 3.08. The molecule has 0 aromatic heterocycles. The second kappa shape index (κ2) is 4.26. The monoisotopic (exact) mass is 295 g/mol. The van der Waals surface area contributed by atoms with Crippen LogP contribution in [0.5, 0.6) is 0 Å². The molecule has 0 radical (unpaired) electrons. The zero-order valence-electron chi connectivity index (χ0n) is 9.84. The first-order chi connectivity index (χ1) is 8.05. The van der Waals surface area contributed by atoms with E-state index >= 15 is 0 Å². The lowest BCUT2D eigenvalue weighted by Gasteiger charge is -2.35. The highest BCUT2D eigenvalue weighted by Crippen LogP contribution is 2.38. The fourth-order valence-electron chi connectivity index (χ4n) is 2.47. The van der Waals surface area contributed by atoms with Gasteiger partial charge in [0.05, 0.1) is 5.41 Å². The molecule has 2 rings (SSSR count). The van der Waals surface area contributed by atoms with Gasteiger partial charge in [0.25, 0.3) is 5.91 Å². The van der Waals surface area contributed by atoms with E-state index in [1.165, 1.54) is 0 Å². The summed E-state index contributed by atoms with van der Waals surface area (Å²) in [7, 11) is 0. The van der Waals surface area contributed by atoms with Crippen molar-refractivity contribution in [3.8, 4) is 0 Å². The van der Waals surface area contributed by atoms with Gasteiger partial charge in [0.1, 0.15) is 0 Å². The van der Waals surface area contributed by atoms with Crippen molar-refractivity contribution in [2.45, 2.75) is 32.1 Å². The van der Waals surface area contributed by atoms with Crippen molar-refractivity contribution in [1.82, 2.24) is 5.32 Å². The van der Waals surface area contributed by atoms with E-state index in [-0.39, 0.29) is 11.8 Å². The van der Waals surface area contributed by atoms with E-state index in [2.05, 4.69) is 21.2 Å². The molecule has 0 fully saturated rings. The van der Waals surface area contributed by atoms with E-state index in [0.29, 0.717) is 18.4 Å². The Balaban J connectivity index is 2.72. The minimum Gasteiger partial charge on any atom is -0.292 e. The topological polar surface area (TPSA) is 46.2 Å². The van der Waals surface area contributed by atoms with Gasteiger partial charge in [0, 0.05) is 10.0 Å². The van der Waals surface area contributed by atoms with Crippen LogP contribution in [0.15, 0.2) is 22.7 Å². The molecule has 1 N–H and O–H groups in total. The summed E-state index contributed by atoms with van der Waals surface area (Å²) in [4.78, 5) is 23.9. The van der Waals surface area contributed by atoms with E-state index in [1.54, 1.807) is 6.07 Å². The van der Waals surface area contributed by atoms with Gasteiger partial charge in [-0.1, -0.05) is 29.8 Å². The molecule has 1 aromatic carbocycles. The van der Waals surface area contributed by atoms with E-state index < -0.39 is 5.41 Å². The Morgan fingerprint density at radius 2 is 1.88 bits per heavy atom. The van der Waals surface area contributed by atoms with E-state index in [9.17, 15) is 9.59 Å². The summed E-state index contributed by atoms with van der Waals surface area (Å²) in [6, 6.07) is 5.48. The minimum absolute atomic E-state index is 0.182. The predicted octanol–water partition coefficient (Wildman–Crippen LogP) is 2.78. The molecule has 0 unspecified atom stereocenters. The van der Waals surface area contributed by atoms with Crippen LogP contribution in [0.1, 0.15) is 42.6 Å². The summed E-state index contributed by atoms with van der Waals surface area (Å²) < 4.78 is 0.894. The summed E-state index contributed by atoms with van der Waals surface area (Å²) in [5.41, 5.74) is 0.870. The van der Waals surface area contributed by atoms with E-state index in [4.69, 9.17) is 0 Å². The number of imide groups is 1. The molecule has 0 bridgehead atoms. The van der Waals surface area contributed by atoms with Crippen molar-refractivity contribution in [1.29, 1.82) is 0 Å². The van der Waals surface area contributed by atoms with Crippen LogP contribution < -0.4 is 5.32 Å². The molecule has 0 atom stereocenters. The maximum absolute atomic E-state index is 12.1. The molecule has 1 aliphatic heterocycles. The number of nitrogens with one attached hydrogen (secondary N) is 1. The SMILES string of the molecule is CCC1(CC)C(=O)NC(=O)c2ccc(Br)cc21. The van der Waals surface area contributed by atoms with Crippen molar-refractivity contribution in [2.75, 3.05) is 0 Å². The average molecular weight is 296 g/mol. The highest BCUT2D eigenvalue weighted by molar-refractivity contribution is 9.10. The number of amides is 2. The fraction of sp³-hybridized carbons (Fsp3) is 0.385. The molecule has 2 amide bonds. The number of hydrogen-bond acceptors (Lipinski definition) is 2. The van der Waals surface area contributed by atoms with Gasteiger partial charge in [-0.2, -0.15) is 0 Å². The van der Waals surface area contributed by atoms with Crippen LogP contribution in [0.3, 0.4) is 0 Å². The Morgan fingerprint density at radius 3 is 2.47 bits per heavy atom. The van der Waals surface area contributed by atoms with Gasteiger partial charge in [0.15, 0.2) is 0 Å². The number of halogens is 1. The van der Waals surface area contributed by atoms with Crippen molar-refractivity contribution in [2.24, 2.45) is 0 Å². The number of fused-ring (bicyclic) bond motifs is 1. The molecule has 0 saturated heterocycles. The maximum Gasteiger partial charge on any atom is 0.258 e. The predicted molar refractivity (Wildman–Crippen MR) is 68.9 cm³/mol. The van der Waals surface area contributed by atoms with Gasteiger partial charge in [-0.15, -0.1) is 0 Å². The van der Waals surface area contributed by atoms with Crippen molar-refractivity contribution in [3.05, 3.63) is 33.8 Å². The minimum atomic E-state index is -0.576. The number of rotatable bonds is 2. The largest absolute Gasteiger partial charge is 0.292 e. The van der Waals surface area contributed by atoms with Crippen LogP contribution in [0.2, 0.25) is 0 Å². The van der Waals surface area contributed by atoms with Crippen LogP contribution in [0.4, 0.5) is 0 Å². The molecule has 1 heterocycles. The number of carbonyl (C=O) groups excluding carboxylic acids is 2. The van der Waals surface area contributed by atoms with Crippen LogP contribution in [0.25, 0.3) is 0 Å². The standard InChI is InChI=1S/C13H14BrNO2/c1-3-13(4-2)10-7-8(14)5-6-9(10)11(16)15-12(13)17/h5-7H,3-4H2,1-2H3,(H,15,16,17). The van der Waals surface area contributed by atoms with Crippen LogP contribution in [-0.2, 0) is 10.2 Å². The number of benzene rings is 1. The Labute approximate surface area is 109 Å². The molecule has 90 valence electrons. The quantitative estimate of drug-likeness (QED) is 0.853. The molecular weight excluding hydrogens is 282 g/mol. The second-order valence-electron chi connectivity index (χ2n) is 4.26. The summed E-state index contributed by atoms with van der Waals surface area (Å²) in [5.74, 6) is -0.479. The first-order valence-corrected chi connectivity index (χ1v) is 6.50. The molecule has 17 heavy (non-hydrogen) atoms. The van der Waals surface area contributed by atoms with Gasteiger partial charge in [-0.05, 0) is 36.6 Å². The van der Waals surface area contributed by atoms with Gasteiger partial charge in [-0.25, -0.2) is 0 Å². The van der Waals surface area contributed by atoms with Crippen LogP contribution >= 0.6 is 15.9 Å². The van der Waals surface area contributed by atoms with Gasteiger partial charge in [-0.3, -0.25) is 14.9 Å². The Bertz CT molecular complexity index is 492. The van der Waals surface area contributed by atoms with E-state index in [1.807, 2.05) is 26.0 Å². The van der Waals surface area contributed by atoms with Crippen LogP contribution in [0, 0.1) is 0 Å². The van der Waals surface area contributed by atoms with Gasteiger partial charge < -0.3 is 0 Å². The lowest BCUT2D eigenvalue weighted by atomic mass is 9.71. The number of carbonyl (C=O) groups is 2. The molecule has 1 aromatic rings. The molecule has 1 aliphatic rings. The summed E-state index contributed by atoms with van der Waals surface area (Å²) in [6.45, 7) is 3.95. The first-order valence-electron chi connectivity index (χ1n) is 5.71. The maximum atomic E-state index is 12.1. The molecular formula is C13H14BrNO2. The third-order valence-corrected chi connectivity index (χ3v) is 4.10. The third-order valence-electron chi connectivity index (χ3n) is 3.61. The van der Waals surface area contributed by atoms with Crippen LogP contribution in [-0.4, -0.2) is 11.8 Å². The average Bonchev–Trinajstić information content (AvgIpc) is 2.30. The summed E-state index contributed by atoms with van der Waals surface area (Å²) >= 11 is 3.40. The van der Waals surface area contributed by atoms with Crippen molar-refractivity contribution in [3.63, 3.8) is 0 Å². The smallest absolute Gasteiger partial charge is 0.258 e. The lowest BCUT2D eigenvalue weighted by molar-refractivity contribution is -0.126. The van der Waals surface area contributed by atoms with Gasteiger partial charge >= 0.3 is 0 Å². The van der Waals surface area contributed by atoms with Crippen molar-refractivity contribution < 1.29 is 9.59 Å². The summed E-state index contributed by atoms with van der Waals surface area (Å²) in [6.07, 6.45) is 1.37. The Morgan fingerprint density at radius 1 is 1.24 bits per heavy atom. The molecule has 0 saturated carbocycles. The first kappa shape index (κ1) is 12.3. The highest BCUT2D eigenvalue weighted by Gasteiger charge is 2.43. The molecule has 3 nitrogen and oxygen atoms in total. The zero-order valence-corrected chi connectivity index (χ0v) is 11.4. The highest BCUT2D eigenvalue weighted by atomic mass is 79.9. The lowest BCUT2D eigenvalue weighted by Crippen LogP contribution is -2.51. The zero-order chi connectivity index (χ0) is 12.6. The van der Waals surface area contributed by atoms with E-state index in [0.717, 1.165) is 10.0 Å². The normalized spacial score (nSPS) is 17.6. The molecule has 0 aliphatic carbocycles. The van der Waals surface area contributed by atoms with Gasteiger partial charge in [0.2, 0.25) is 5.91 Å². The third kappa shape index (κ3) is 1.71. The van der Waals surface area contributed by atoms with Crippen molar-refractivity contribution >= 4 is 27.7 Å². The fourth-order valence-corrected chi connectivity index (χ4v) is 2.84. The Hall–Kier alpha value is -1.16. The second-order valence-corrected chi connectivity index (χ2v) is 5.18. The number of hydrogen-bond donors (Lipinski definition) is 1. The summed E-state index contributed by atoms with van der Waals surface area (Å²) in [5, 5.41) is 2.45. The molecule has 4 heteroatoms.